The van der Waals surface area contributed by atoms with Gasteiger partial charge in [0.2, 0.25) is 5.91 Å². The summed E-state index contributed by atoms with van der Waals surface area (Å²) < 4.78 is 0. The normalized spacial score (nSPS) is 11.7. The number of benzene rings is 1. The fourth-order valence-corrected chi connectivity index (χ4v) is 1.43. The Labute approximate surface area is 115 Å². The van der Waals surface area contributed by atoms with E-state index in [0.717, 1.165) is 6.42 Å². The summed E-state index contributed by atoms with van der Waals surface area (Å²) in [5.41, 5.74) is 1.17. The van der Waals surface area contributed by atoms with E-state index in [1.807, 2.05) is 6.92 Å². The predicted octanol–water partition coefficient (Wildman–Crippen LogP) is 2.55. The Kier molecular flexibility index (Phi) is 5.85. The number of hydrogen-bond donors (Lipinski definition) is 2. The lowest BCUT2D eigenvalue weighted by Gasteiger charge is -2.08. The molecular weight excluding hydrogens is 296 g/mol. The largest absolute Gasteiger partial charge is 0.352 e. The summed E-state index contributed by atoms with van der Waals surface area (Å²) in [6, 6.07) is 6.88. The van der Waals surface area contributed by atoms with Crippen molar-refractivity contribution in [1.29, 1.82) is 0 Å². The van der Waals surface area contributed by atoms with Crippen molar-refractivity contribution in [2.75, 3.05) is 11.9 Å². The molecule has 0 saturated heterocycles. The Morgan fingerprint density at radius 2 is 2.11 bits per heavy atom. The molecule has 0 spiro atoms. The van der Waals surface area contributed by atoms with Crippen LogP contribution in [0, 0.1) is 0 Å². The minimum atomic E-state index is -0.268. The van der Waals surface area contributed by atoms with Gasteiger partial charge < -0.3 is 10.6 Å². The van der Waals surface area contributed by atoms with Crippen molar-refractivity contribution >= 4 is 33.4 Å². The molecule has 0 aliphatic carbocycles. The minimum absolute atomic E-state index is 0.125. The third-order valence-electron chi connectivity index (χ3n) is 2.29. The van der Waals surface area contributed by atoms with E-state index in [2.05, 4.69) is 26.6 Å². The van der Waals surface area contributed by atoms with Gasteiger partial charge in [-0.15, -0.1) is 0 Å². The van der Waals surface area contributed by atoms with Crippen LogP contribution in [0.3, 0.4) is 0 Å². The number of amides is 2. The van der Waals surface area contributed by atoms with E-state index in [4.69, 9.17) is 0 Å². The first-order valence-electron chi connectivity index (χ1n) is 5.87. The first-order chi connectivity index (χ1) is 8.54. The predicted molar refractivity (Wildman–Crippen MR) is 76.1 cm³/mol. The average molecular weight is 313 g/mol. The van der Waals surface area contributed by atoms with Crippen LogP contribution < -0.4 is 10.6 Å². The van der Waals surface area contributed by atoms with Crippen LogP contribution in [0.2, 0.25) is 0 Å². The number of rotatable bonds is 5. The van der Waals surface area contributed by atoms with Gasteiger partial charge in [-0.05, 0) is 31.5 Å². The van der Waals surface area contributed by atoms with Crippen molar-refractivity contribution in [3.8, 4) is 0 Å². The summed E-state index contributed by atoms with van der Waals surface area (Å²) in [5.74, 6) is -0.263. The molecule has 0 aromatic heterocycles. The lowest BCUT2D eigenvalue weighted by atomic mass is 10.2. The van der Waals surface area contributed by atoms with Gasteiger partial charge in [-0.1, -0.05) is 28.9 Å². The molecule has 2 N–H and O–H groups in total. The second-order valence-electron chi connectivity index (χ2n) is 3.94. The molecule has 1 aromatic carbocycles. The molecule has 18 heavy (non-hydrogen) atoms. The Bertz CT molecular complexity index is 433. The summed E-state index contributed by atoms with van der Waals surface area (Å²) in [5, 5.41) is 5.52. The van der Waals surface area contributed by atoms with Crippen LogP contribution in [0.1, 0.15) is 30.6 Å². The fourth-order valence-electron chi connectivity index (χ4n) is 1.32. The molecule has 1 atom stereocenters. The standard InChI is InChI=1S/C13H17BrN2O2/c1-3-7-15-13(18)10-5-4-6-11(8-10)16-12(17)9(2)14/h4-6,8-9H,3,7H2,1-2H3,(H,15,18)(H,16,17). The van der Waals surface area contributed by atoms with Crippen LogP contribution in [0.25, 0.3) is 0 Å². The molecule has 98 valence electrons. The summed E-state index contributed by atoms with van der Waals surface area (Å²) in [6.45, 7) is 4.38. The van der Waals surface area contributed by atoms with E-state index in [1.165, 1.54) is 0 Å². The van der Waals surface area contributed by atoms with Crippen molar-refractivity contribution in [2.24, 2.45) is 0 Å². The summed E-state index contributed by atoms with van der Waals surface area (Å²) in [4.78, 5) is 23.0. The van der Waals surface area contributed by atoms with Gasteiger partial charge in [0.15, 0.2) is 0 Å². The summed E-state index contributed by atoms with van der Waals surface area (Å²) in [6.07, 6.45) is 0.892. The van der Waals surface area contributed by atoms with E-state index < -0.39 is 0 Å². The summed E-state index contributed by atoms with van der Waals surface area (Å²) >= 11 is 3.19. The van der Waals surface area contributed by atoms with Crippen molar-refractivity contribution in [2.45, 2.75) is 25.1 Å². The second-order valence-corrected chi connectivity index (χ2v) is 5.32. The van der Waals surface area contributed by atoms with Crippen LogP contribution in [0.5, 0.6) is 0 Å². The zero-order chi connectivity index (χ0) is 13.5. The molecular formula is C13H17BrN2O2. The van der Waals surface area contributed by atoms with Gasteiger partial charge in [0.05, 0.1) is 4.83 Å². The quantitative estimate of drug-likeness (QED) is 0.821. The maximum Gasteiger partial charge on any atom is 0.251 e. The number of carbonyl (C=O) groups excluding carboxylic acids is 2. The van der Waals surface area contributed by atoms with Crippen molar-refractivity contribution in [3.05, 3.63) is 29.8 Å². The SMILES string of the molecule is CCCNC(=O)c1cccc(NC(=O)C(C)Br)c1. The zero-order valence-electron chi connectivity index (χ0n) is 10.5. The fraction of sp³-hybridized carbons (Fsp3) is 0.385. The molecule has 1 unspecified atom stereocenters. The van der Waals surface area contributed by atoms with Gasteiger partial charge in [-0.2, -0.15) is 0 Å². The number of hydrogen-bond acceptors (Lipinski definition) is 2. The smallest absolute Gasteiger partial charge is 0.251 e. The van der Waals surface area contributed by atoms with Gasteiger partial charge in [0.25, 0.3) is 5.91 Å². The van der Waals surface area contributed by atoms with E-state index >= 15 is 0 Å². The highest BCUT2D eigenvalue weighted by atomic mass is 79.9. The second kappa shape index (κ2) is 7.16. The molecule has 1 aromatic rings. The summed E-state index contributed by atoms with van der Waals surface area (Å²) in [7, 11) is 0. The van der Waals surface area contributed by atoms with Gasteiger partial charge in [-0.25, -0.2) is 0 Å². The van der Waals surface area contributed by atoms with Crippen molar-refractivity contribution in [1.82, 2.24) is 5.32 Å². The van der Waals surface area contributed by atoms with Gasteiger partial charge in [0, 0.05) is 17.8 Å². The number of halogens is 1. The number of anilines is 1. The lowest BCUT2D eigenvalue weighted by Crippen LogP contribution is -2.24. The highest BCUT2D eigenvalue weighted by molar-refractivity contribution is 9.10. The molecule has 0 radical (unpaired) electrons. The third-order valence-corrected chi connectivity index (χ3v) is 2.70. The Morgan fingerprint density at radius 1 is 1.39 bits per heavy atom. The molecule has 5 heteroatoms. The first kappa shape index (κ1) is 14.7. The van der Waals surface area contributed by atoms with Crippen LogP contribution in [0.15, 0.2) is 24.3 Å². The van der Waals surface area contributed by atoms with Crippen molar-refractivity contribution < 1.29 is 9.59 Å². The van der Waals surface area contributed by atoms with Gasteiger partial charge >= 0.3 is 0 Å². The molecule has 0 aliphatic heterocycles. The Morgan fingerprint density at radius 3 is 2.72 bits per heavy atom. The Balaban J connectivity index is 2.73. The van der Waals surface area contributed by atoms with Crippen LogP contribution in [-0.2, 0) is 4.79 Å². The molecule has 0 fully saturated rings. The molecule has 0 bridgehead atoms. The van der Waals surface area contributed by atoms with E-state index in [9.17, 15) is 9.59 Å². The topological polar surface area (TPSA) is 58.2 Å². The van der Waals surface area contributed by atoms with Crippen LogP contribution >= 0.6 is 15.9 Å². The zero-order valence-corrected chi connectivity index (χ0v) is 12.1. The highest BCUT2D eigenvalue weighted by Gasteiger charge is 2.10. The molecule has 0 heterocycles. The number of alkyl halides is 1. The van der Waals surface area contributed by atoms with Crippen LogP contribution in [0.4, 0.5) is 5.69 Å². The molecule has 1 rings (SSSR count). The van der Waals surface area contributed by atoms with E-state index in [1.54, 1.807) is 31.2 Å². The maximum absolute atomic E-state index is 11.7. The van der Waals surface area contributed by atoms with Gasteiger partial charge in [0.1, 0.15) is 0 Å². The van der Waals surface area contributed by atoms with Gasteiger partial charge in [-0.3, -0.25) is 9.59 Å². The minimum Gasteiger partial charge on any atom is -0.352 e. The van der Waals surface area contributed by atoms with E-state index in [-0.39, 0.29) is 16.6 Å². The number of nitrogens with one attached hydrogen (secondary N) is 2. The molecule has 0 saturated carbocycles. The monoisotopic (exact) mass is 312 g/mol. The lowest BCUT2D eigenvalue weighted by molar-refractivity contribution is -0.115. The maximum atomic E-state index is 11.7. The molecule has 2 amide bonds. The Hall–Kier alpha value is -1.36. The highest BCUT2D eigenvalue weighted by Crippen LogP contribution is 2.12. The molecule has 4 nitrogen and oxygen atoms in total. The first-order valence-corrected chi connectivity index (χ1v) is 6.79. The average Bonchev–Trinajstić information content (AvgIpc) is 2.36. The van der Waals surface area contributed by atoms with Crippen molar-refractivity contribution in [3.63, 3.8) is 0 Å². The van der Waals surface area contributed by atoms with E-state index in [0.29, 0.717) is 17.8 Å². The van der Waals surface area contributed by atoms with Crippen LogP contribution in [-0.4, -0.2) is 23.2 Å². The third kappa shape index (κ3) is 4.49. The molecule has 0 aliphatic rings. The number of carbonyl (C=O) groups is 2.